The maximum absolute atomic E-state index is 12.7. The summed E-state index contributed by atoms with van der Waals surface area (Å²) in [6, 6.07) is 9.79. The molecular formula is C24H27N7O2S. The number of imidazole rings is 1. The predicted octanol–water partition coefficient (Wildman–Crippen LogP) is 3.84. The van der Waals surface area contributed by atoms with E-state index in [0.717, 1.165) is 41.8 Å². The van der Waals surface area contributed by atoms with Crippen molar-refractivity contribution >= 4 is 23.3 Å². The van der Waals surface area contributed by atoms with E-state index in [1.807, 2.05) is 43.6 Å². The van der Waals surface area contributed by atoms with Crippen LogP contribution in [0.15, 0.2) is 54.3 Å². The number of hydrogen-bond donors (Lipinski definition) is 3. The number of hydrogen-bond acceptors (Lipinski definition) is 6. The van der Waals surface area contributed by atoms with Crippen molar-refractivity contribution in [3.63, 3.8) is 0 Å². The second-order valence-corrected chi connectivity index (χ2v) is 8.80. The minimum atomic E-state index is -0.292. The third kappa shape index (κ3) is 5.96. The Hall–Kier alpha value is -3.79. The van der Waals surface area contributed by atoms with Crippen LogP contribution in [0.5, 0.6) is 0 Å². The number of carbonyl (C=O) groups excluding carboxylic acids is 2. The third-order valence-electron chi connectivity index (χ3n) is 5.55. The number of nitrogens with two attached hydrogens (primary N) is 1. The number of carbonyl (C=O) groups is 2. The lowest BCUT2D eigenvalue weighted by Gasteiger charge is -2.16. The summed E-state index contributed by atoms with van der Waals surface area (Å²) < 4.78 is 5.78. The number of aryl methyl sites for hydroxylation is 1. The molecular weight excluding hydrogens is 450 g/mol. The lowest BCUT2D eigenvalue weighted by molar-refractivity contribution is -0.118. The molecule has 0 radical (unpaired) electrons. The molecule has 0 fully saturated rings. The summed E-state index contributed by atoms with van der Waals surface area (Å²) in [5, 5.41) is 9.22. The fourth-order valence-electron chi connectivity index (χ4n) is 3.71. The maximum Gasteiger partial charge on any atom is 0.254 e. The van der Waals surface area contributed by atoms with Gasteiger partial charge >= 0.3 is 0 Å². The van der Waals surface area contributed by atoms with E-state index in [0.29, 0.717) is 24.2 Å². The fourth-order valence-corrected chi connectivity index (χ4v) is 4.23. The number of unbranched alkanes of at least 4 members (excludes halogenated alkanes) is 2. The average Bonchev–Trinajstić information content (AvgIpc) is 3.60. The van der Waals surface area contributed by atoms with Crippen LogP contribution in [0.25, 0.3) is 22.5 Å². The van der Waals surface area contributed by atoms with Gasteiger partial charge in [0, 0.05) is 30.6 Å². The van der Waals surface area contributed by atoms with Crippen molar-refractivity contribution < 1.29 is 9.59 Å². The van der Waals surface area contributed by atoms with Crippen LogP contribution < -0.4 is 11.1 Å². The number of H-pyrrole nitrogens is 1. The van der Waals surface area contributed by atoms with Crippen LogP contribution in [-0.2, 0) is 11.8 Å². The molecule has 0 saturated carbocycles. The lowest BCUT2D eigenvalue weighted by atomic mass is 10.1. The van der Waals surface area contributed by atoms with Crippen molar-refractivity contribution in [3.8, 4) is 22.5 Å². The molecule has 34 heavy (non-hydrogen) atoms. The Kier molecular flexibility index (Phi) is 7.48. The number of rotatable bonds is 11. The Labute approximate surface area is 201 Å². The zero-order valence-corrected chi connectivity index (χ0v) is 19.7. The van der Waals surface area contributed by atoms with E-state index in [9.17, 15) is 9.59 Å². The topological polar surface area (TPSA) is 132 Å². The van der Waals surface area contributed by atoms with E-state index >= 15 is 0 Å². The van der Waals surface area contributed by atoms with Gasteiger partial charge in [-0.05, 0) is 36.0 Å². The Balaban J connectivity index is 1.47. The molecule has 0 spiro atoms. The average molecular weight is 478 g/mol. The van der Waals surface area contributed by atoms with Gasteiger partial charge in [-0.1, -0.05) is 37.1 Å². The molecule has 0 aliphatic rings. The smallest absolute Gasteiger partial charge is 0.254 e. The van der Waals surface area contributed by atoms with Crippen LogP contribution in [0.1, 0.15) is 54.3 Å². The first kappa shape index (κ1) is 23.4. The molecule has 3 heterocycles. The molecule has 0 aliphatic carbocycles. The molecule has 10 heteroatoms. The van der Waals surface area contributed by atoms with Gasteiger partial charge < -0.3 is 16.0 Å². The van der Waals surface area contributed by atoms with E-state index < -0.39 is 0 Å². The van der Waals surface area contributed by atoms with Gasteiger partial charge in [-0.3, -0.25) is 14.3 Å². The summed E-state index contributed by atoms with van der Waals surface area (Å²) in [4.78, 5) is 31.6. The number of benzene rings is 1. The molecule has 4 rings (SSSR count). The summed E-state index contributed by atoms with van der Waals surface area (Å²) in [7, 11) is 1.89. The normalized spacial score (nSPS) is 11.9. The predicted molar refractivity (Wildman–Crippen MR) is 131 cm³/mol. The third-order valence-corrected chi connectivity index (χ3v) is 6.13. The largest absolute Gasteiger partial charge is 0.370 e. The zero-order chi connectivity index (χ0) is 23.9. The summed E-state index contributed by atoms with van der Waals surface area (Å²) >= 11 is 1.24. The number of amides is 2. The van der Waals surface area contributed by atoms with Gasteiger partial charge in [0.15, 0.2) is 0 Å². The van der Waals surface area contributed by atoms with Crippen LogP contribution in [0.4, 0.5) is 0 Å². The first-order valence-corrected chi connectivity index (χ1v) is 12.0. The minimum Gasteiger partial charge on any atom is -0.370 e. The van der Waals surface area contributed by atoms with E-state index in [-0.39, 0.29) is 17.9 Å². The van der Waals surface area contributed by atoms with Crippen LogP contribution in [0, 0.1) is 0 Å². The van der Waals surface area contributed by atoms with Crippen molar-refractivity contribution in [3.05, 3.63) is 65.7 Å². The minimum absolute atomic E-state index is 0.187. The van der Waals surface area contributed by atoms with Crippen molar-refractivity contribution in [1.29, 1.82) is 0 Å². The molecule has 176 valence electrons. The summed E-state index contributed by atoms with van der Waals surface area (Å²) in [6.45, 7) is 0. The molecule has 4 N–H and O–H groups in total. The van der Waals surface area contributed by atoms with Crippen molar-refractivity contribution in [2.24, 2.45) is 12.8 Å². The van der Waals surface area contributed by atoms with Crippen molar-refractivity contribution in [2.45, 2.75) is 38.1 Å². The molecule has 2 amide bonds. The Morgan fingerprint density at radius 3 is 2.59 bits per heavy atom. The van der Waals surface area contributed by atoms with Gasteiger partial charge in [-0.15, -0.1) is 0 Å². The van der Waals surface area contributed by atoms with Crippen molar-refractivity contribution in [1.82, 2.24) is 29.4 Å². The highest BCUT2D eigenvalue weighted by Crippen LogP contribution is 2.25. The van der Waals surface area contributed by atoms with Gasteiger partial charge in [0.05, 0.1) is 35.4 Å². The molecule has 3 aromatic heterocycles. The molecule has 0 aliphatic heterocycles. The molecule has 1 aromatic carbocycles. The Morgan fingerprint density at radius 1 is 1.12 bits per heavy atom. The van der Waals surface area contributed by atoms with Crippen LogP contribution in [0.3, 0.4) is 0 Å². The second kappa shape index (κ2) is 10.9. The first-order chi connectivity index (χ1) is 16.5. The van der Waals surface area contributed by atoms with Crippen LogP contribution in [0.2, 0.25) is 0 Å². The molecule has 9 nitrogen and oxygen atoms in total. The van der Waals surface area contributed by atoms with Gasteiger partial charge in [0.2, 0.25) is 5.91 Å². The first-order valence-electron chi connectivity index (χ1n) is 11.1. The highest BCUT2D eigenvalue weighted by Gasteiger charge is 2.19. The number of aromatic nitrogens is 5. The van der Waals surface area contributed by atoms with E-state index in [1.54, 1.807) is 22.5 Å². The second-order valence-electron chi connectivity index (χ2n) is 8.14. The van der Waals surface area contributed by atoms with Crippen molar-refractivity contribution in [2.75, 3.05) is 0 Å². The Morgan fingerprint density at radius 2 is 1.91 bits per heavy atom. The molecule has 0 saturated heterocycles. The lowest BCUT2D eigenvalue weighted by Crippen LogP contribution is -2.29. The van der Waals surface area contributed by atoms with E-state index in [1.165, 1.54) is 11.5 Å². The van der Waals surface area contributed by atoms with Crippen LogP contribution in [-0.4, -0.2) is 35.9 Å². The van der Waals surface area contributed by atoms with E-state index in [2.05, 4.69) is 24.8 Å². The molecule has 1 atom stereocenters. The molecule has 4 aromatic rings. The monoisotopic (exact) mass is 477 g/mol. The zero-order valence-electron chi connectivity index (χ0n) is 18.9. The summed E-state index contributed by atoms with van der Waals surface area (Å²) in [5.41, 5.74) is 9.57. The highest BCUT2D eigenvalue weighted by molar-refractivity contribution is 7.03. The van der Waals surface area contributed by atoms with Crippen LogP contribution >= 0.6 is 11.5 Å². The maximum atomic E-state index is 12.7. The SMILES string of the molecule is Cn1ccc(-c2ccc(-c3cnc([C@H](CCCCCC(N)=O)NC(=O)c4cnsc4)[nH]3)cc2)n1. The highest BCUT2D eigenvalue weighted by atomic mass is 32.1. The summed E-state index contributed by atoms with van der Waals surface area (Å²) in [5.74, 6) is 0.211. The summed E-state index contributed by atoms with van der Waals surface area (Å²) in [6.07, 6.45) is 8.72. The molecule has 0 bridgehead atoms. The standard InChI is InChI=1S/C24H27N7O2S/c1-31-12-11-19(30-31)16-7-9-17(10-8-16)21-14-26-23(28-21)20(5-3-2-4-6-22(25)32)29-24(33)18-13-27-34-15-18/h7-15,20H,2-6H2,1H3,(H2,25,32)(H,26,28)(H,29,33)/t20-/m0/s1. The fraction of sp³-hybridized carbons (Fsp3) is 0.292. The van der Waals surface area contributed by atoms with Gasteiger partial charge in [0.25, 0.3) is 5.91 Å². The number of primary amides is 1. The number of aromatic amines is 1. The quantitative estimate of drug-likeness (QED) is 0.282. The number of nitrogens with zero attached hydrogens (tertiary/aromatic N) is 4. The number of nitrogens with one attached hydrogen (secondary N) is 2. The Bertz CT molecular complexity index is 1230. The molecule has 0 unspecified atom stereocenters. The van der Waals surface area contributed by atoms with E-state index in [4.69, 9.17) is 5.73 Å². The van der Waals surface area contributed by atoms with Gasteiger partial charge in [0.1, 0.15) is 5.82 Å². The van der Waals surface area contributed by atoms with Gasteiger partial charge in [-0.25, -0.2) is 9.36 Å². The van der Waals surface area contributed by atoms with Gasteiger partial charge in [-0.2, -0.15) is 5.10 Å².